The standard InChI is InChI=1S/C51H34N4S2/c1-3-13-31(14-4-1)49-52-50(32-15-5-2-6-16-32)54-51(53-49)33-25-28-44-41(29-33)39-21-11-20-38(48(39)57-44)37-19-12-24-45-47(37)40-27-26-34(30-46(40)56-45)55-42-22-9-7-17-35(42)36-18-8-10-23-43(36)55/h1-15,17-30,32,50H,16H2,(H,52,53,54). The van der Waals surface area contributed by atoms with Gasteiger partial charge in [0, 0.05) is 79.4 Å². The molecule has 0 saturated carbocycles. The Hall–Kier alpha value is -6.60. The maximum absolute atomic E-state index is 5.23. The minimum Gasteiger partial charge on any atom is -0.347 e. The topological polar surface area (TPSA) is 41.7 Å². The Balaban J connectivity index is 0.981. The van der Waals surface area contributed by atoms with Gasteiger partial charge in [0.2, 0.25) is 0 Å². The van der Waals surface area contributed by atoms with Gasteiger partial charge in [-0.15, -0.1) is 22.7 Å². The van der Waals surface area contributed by atoms with Gasteiger partial charge >= 0.3 is 0 Å². The maximum Gasteiger partial charge on any atom is 0.159 e. The van der Waals surface area contributed by atoms with Crippen molar-refractivity contribution in [1.29, 1.82) is 0 Å². The molecule has 0 radical (unpaired) electrons. The van der Waals surface area contributed by atoms with Gasteiger partial charge in [-0.25, -0.2) is 9.98 Å². The van der Waals surface area contributed by atoms with Gasteiger partial charge in [-0.2, -0.15) is 0 Å². The molecule has 10 aromatic rings. The highest BCUT2D eigenvalue weighted by Crippen LogP contribution is 2.46. The summed E-state index contributed by atoms with van der Waals surface area (Å²) in [6.45, 7) is 0. The van der Waals surface area contributed by atoms with Gasteiger partial charge in [0.15, 0.2) is 5.84 Å². The van der Waals surface area contributed by atoms with Crippen molar-refractivity contribution in [2.45, 2.75) is 12.6 Å². The summed E-state index contributed by atoms with van der Waals surface area (Å²) in [6.07, 6.45) is 9.56. The number of rotatable bonds is 5. The predicted octanol–water partition coefficient (Wildman–Crippen LogP) is 13.4. The van der Waals surface area contributed by atoms with E-state index in [2.05, 4.69) is 180 Å². The van der Waals surface area contributed by atoms with Gasteiger partial charge in [-0.1, -0.05) is 127 Å². The average molecular weight is 767 g/mol. The van der Waals surface area contributed by atoms with E-state index in [0.29, 0.717) is 0 Å². The zero-order chi connectivity index (χ0) is 37.5. The highest BCUT2D eigenvalue weighted by molar-refractivity contribution is 7.27. The third-order valence-corrected chi connectivity index (χ3v) is 13.9. The van der Waals surface area contributed by atoms with E-state index in [4.69, 9.17) is 9.98 Å². The number of thiophene rings is 2. The van der Waals surface area contributed by atoms with E-state index in [-0.39, 0.29) is 12.1 Å². The van der Waals surface area contributed by atoms with E-state index in [1.807, 2.05) is 28.7 Å². The third-order valence-electron chi connectivity index (χ3n) is 11.6. The molecule has 0 amide bonds. The first-order valence-corrected chi connectivity index (χ1v) is 21.1. The summed E-state index contributed by atoms with van der Waals surface area (Å²) in [5.74, 6) is 1.89. The van der Waals surface area contributed by atoms with Gasteiger partial charge in [-0.3, -0.25) is 0 Å². The van der Waals surface area contributed by atoms with Crippen LogP contribution >= 0.6 is 22.7 Å². The number of para-hydroxylation sites is 2. The zero-order valence-corrected chi connectivity index (χ0v) is 32.4. The number of amidine groups is 2. The molecule has 1 aliphatic heterocycles. The SMILES string of the molecule is C1=CCC(C2N=C(c3ccc4sc5c(-c6cccc7sc8cc(-n9c%10ccccc%10c%10ccccc%109)ccc8c67)cccc5c4c3)N=C(c3ccccc3)N2)C=C1. The summed E-state index contributed by atoms with van der Waals surface area (Å²) in [5, 5.41) is 11.3. The molecular weight excluding hydrogens is 733 g/mol. The summed E-state index contributed by atoms with van der Waals surface area (Å²) < 4.78 is 7.57. The van der Waals surface area contributed by atoms with E-state index >= 15 is 0 Å². The number of aromatic nitrogens is 1. The van der Waals surface area contributed by atoms with Crippen molar-refractivity contribution in [3.05, 3.63) is 187 Å². The van der Waals surface area contributed by atoms with Gasteiger partial charge in [-0.05, 0) is 60.5 Å². The molecular formula is C51H34N4S2. The van der Waals surface area contributed by atoms with Crippen LogP contribution in [0, 0.1) is 5.92 Å². The lowest BCUT2D eigenvalue weighted by molar-refractivity contribution is 0.475. The smallest absolute Gasteiger partial charge is 0.159 e. The maximum atomic E-state index is 5.23. The molecule has 0 bridgehead atoms. The minimum absolute atomic E-state index is 0.102. The Morgan fingerprint density at radius 2 is 1.33 bits per heavy atom. The number of nitrogens with one attached hydrogen (secondary N) is 1. The molecule has 0 fully saturated rings. The lowest BCUT2D eigenvalue weighted by Gasteiger charge is -2.28. The first kappa shape index (κ1) is 32.6. The summed E-state index contributed by atoms with van der Waals surface area (Å²) in [7, 11) is 0. The number of allylic oxidation sites excluding steroid dienone is 3. The number of hydrogen-bond acceptors (Lipinski definition) is 5. The van der Waals surface area contributed by atoms with Crippen LogP contribution in [0.2, 0.25) is 0 Å². The fourth-order valence-corrected chi connectivity index (χ4v) is 11.3. The molecule has 2 atom stereocenters. The molecule has 7 aromatic carbocycles. The number of benzene rings is 7. The predicted molar refractivity (Wildman–Crippen MR) is 245 cm³/mol. The second-order valence-electron chi connectivity index (χ2n) is 14.9. The van der Waals surface area contributed by atoms with Crippen LogP contribution in [0.5, 0.6) is 0 Å². The van der Waals surface area contributed by atoms with Crippen molar-refractivity contribution < 1.29 is 0 Å². The van der Waals surface area contributed by atoms with Crippen molar-refractivity contribution in [3.8, 4) is 16.8 Å². The molecule has 0 spiro atoms. The lowest BCUT2D eigenvalue weighted by Crippen LogP contribution is -2.43. The molecule has 0 saturated heterocycles. The summed E-state index contributed by atoms with van der Waals surface area (Å²) in [6, 6.07) is 55.2. The fraction of sp³-hybridized carbons (Fsp3) is 0.0588. The van der Waals surface area contributed by atoms with Crippen molar-refractivity contribution in [2.75, 3.05) is 0 Å². The first-order chi connectivity index (χ1) is 28.2. The van der Waals surface area contributed by atoms with Crippen LogP contribution in [0.4, 0.5) is 0 Å². The van der Waals surface area contributed by atoms with Gasteiger partial charge in [0.25, 0.3) is 0 Å². The Morgan fingerprint density at radius 3 is 2.16 bits per heavy atom. The second-order valence-corrected chi connectivity index (χ2v) is 17.0. The summed E-state index contributed by atoms with van der Waals surface area (Å²) in [5.41, 5.74) is 8.29. The lowest BCUT2D eigenvalue weighted by atomic mass is 9.96. The van der Waals surface area contributed by atoms with E-state index in [1.54, 1.807) is 0 Å². The van der Waals surface area contributed by atoms with Crippen LogP contribution in [0.25, 0.3) is 79.0 Å². The minimum atomic E-state index is -0.102. The molecule has 4 nitrogen and oxygen atoms in total. The van der Waals surface area contributed by atoms with Crippen LogP contribution in [-0.4, -0.2) is 22.4 Å². The van der Waals surface area contributed by atoms with Crippen LogP contribution in [0.15, 0.2) is 186 Å². The Labute approximate surface area is 337 Å². The largest absolute Gasteiger partial charge is 0.347 e. The molecule has 1 aliphatic carbocycles. The van der Waals surface area contributed by atoms with Crippen molar-refractivity contribution in [2.24, 2.45) is 15.9 Å². The van der Waals surface area contributed by atoms with E-state index in [1.165, 1.54) is 79.0 Å². The van der Waals surface area contributed by atoms with Crippen molar-refractivity contribution in [1.82, 2.24) is 9.88 Å². The first-order valence-electron chi connectivity index (χ1n) is 19.5. The second kappa shape index (κ2) is 13.0. The van der Waals surface area contributed by atoms with Crippen molar-refractivity contribution in [3.63, 3.8) is 0 Å². The fourth-order valence-electron chi connectivity index (χ4n) is 8.92. The molecule has 3 aromatic heterocycles. The molecule has 270 valence electrons. The number of aliphatic imine (C=N–C) groups is 2. The summed E-state index contributed by atoms with van der Waals surface area (Å²) in [4.78, 5) is 10.4. The van der Waals surface area contributed by atoms with Crippen LogP contribution < -0.4 is 5.32 Å². The van der Waals surface area contributed by atoms with Crippen LogP contribution in [0.1, 0.15) is 17.5 Å². The van der Waals surface area contributed by atoms with Crippen LogP contribution in [-0.2, 0) is 0 Å². The van der Waals surface area contributed by atoms with Gasteiger partial charge in [0.1, 0.15) is 12.0 Å². The number of fused-ring (bicyclic) bond motifs is 9. The Bertz CT molecular complexity index is 3320. The van der Waals surface area contributed by atoms with Crippen LogP contribution in [0.3, 0.4) is 0 Å². The molecule has 2 unspecified atom stereocenters. The number of hydrogen-bond donors (Lipinski definition) is 1. The van der Waals surface area contributed by atoms with E-state index < -0.39 is 0 Å². The summed E-state index contributed by atoms with van der Waals surface area (Å²) >= 11 is 3.76. The molecule has 2 aliphatic rings. The third kappa shape index (κ3) is 5.25. The normalized spacial score (nSPS) is 16.9. The number of nitrogens with zero attached hydrogens (tertiary/aromatic N) is 3. The van der Waals surface area contributed by atoms with Gasteiger partial charge in [0.05, 0.1) is 11.0 Å². The quantitative estimate of drug-likeness (QED) is 0.186. The molecule has 1 N–H and O–H groups in total. The van der Waals surface area contributed by atoms with Crippen molar-refractivity contribution >= 4 is 96.5 Å². The highest BCUT2D eigenvalue weighted by Gasteiger charge is 2.26. The molecule has 4 heterocycles. The zero-order valence-electron chi connectivity index (χ0n) is 30.8. The molecule has 12 rings (SSSR count). The molecule has 6 heteroatoms. The monoisotopic (exact) mass is 766 g/mol. The van der Waals surface area contributed by atoms with Gasteiger partial charge < -0.3 is 9.88 Å². The molecule has 57 heavy (non-hydrogen) atoms. The van der Waals surface area contributed by atoms with E-state index in [0.717, 1.165) is 29.2 Å². The highest BCUT2D eigenvalue weighted by atomic mass is 32.1. The Kier molecular flexibility index (Phi) is 7.43. The Morgan fingerprint density at radius 1 is 0.561 bits per heavy atom. The average Bonchev–Trinajstić information content (AvgIpc) is 3.96. The van der Waals surface area contributed by atoms with E-state index in [9.17, 15) is 0 Å².